The van der Waals surface area contributed by atoms with E-state index in [9.17, 15) is 0 Å². The van der Waals surface area contributed by atoms with Crippen molar-refractivity contribution in [3.63, 3.8) is 0 Å². The molecule has 0 N–H and O–H groups in total. The van der Waals surface area contributed by atoms with Gasteiger partial charge in [-0.2, -0.15) is 5.10 Å². The smallest absolute Gasteiger partial charge is 0.160 e. The minimum Gasteiger partial charge on any atom is -0.231 e. The highest BCUT2D eigenvalue weighted by molar-refractivity contribution is 7.25. The van der Waals surface area contributed by atoms with Gasteiger partial charge in [-0.15, -0.1) is 11.3 Å². The molecule has 62 heavy (non-hydrogen) atoms. The molecule has 0 radical (unpaired) electrons. The average Bonchev–Trinajstić information content (AvgIpc) is 3.94. The number of nitrogens with zero attached hydrogens (tertiary/aromatic N) is 4. The molecule has 5 heteroatoms. The molecule has 8 aromatic carbocycles. The quantitative estimate of drug-likeness (QED) is 0.161. The molecule has 12 rings (SSSR count). The first kappa shape index (κ1) is 35.9. The lowest BCUT2D eigenvalue weighted by molar-refractivity contribution is 0.979. The van der Waals surface area contributed by atoms with Gasteiger partial charge in [-0.25, -0.2) is 14.5 Å². The van der Waals surface area contributed by atoms with Crippen molar-refractivity contribution in [1.82, 2.24) is 19.6 Å². The molecule has 0 fully saturated rings. The third kappa shape index (κ3) is 6.26. The summed E-state index contributed by atoms with van der Waals surface area (Å²) in [6.45, 7) is 0. The van der Waals surface area contributed by atoms with Gasteiger partial charge in [0.25, 0.3) is 0 Å². The van der Waals surface area contributed by atoms with Gasteiger partial charge in [0, 0.05) is 58.9 Å². The van der Waals surface area contributed by atoms with E-state index in [0.717, 1.165) is 78.2 Å². The molecule has 0 saturated carbocycles. The minimum atomic E-state index is 0.674. The summed E-state index contributed by atoms with van der Waals surface area (Å²) >= 11 is 1.84. The third-order valence-corrected chi connectivity index (χ3v) is 12.9. The van der Waals surface area contributed by atoms with Crippen LogP contribution < -0.4 is 0 Å². The van der Waals surface area contributed by atoms with Crippen LogP contribution in [0.25, 0.3) is 115 Å². The first-order valence-corrected chi connectivity index (χ1v) is 21.7. The highest BCUT2D eigenvalue weighted by Crippen LogP contribution is 2.42. The van der Waals surface area contributed by atoms with Crippen LogP contribution in [0.3, 0.4) is 0 Å². The molecule has 12 aromatic rings. The Morgan fingerprint density at radius 3 is 1.71 bits per heavy atom. The van der Waals surface area contributed by atoms with Gasteiger partial charge in [0.1, 0.15) is 5.69 Å². The molecule has 0 saturated heterocycles. The van der Waals surface area contributed by atoms with Gasteiger partial charge in [-0.05, 0) is 58.5 Å². The van der Waals surface area contributed by atoms with Gasteiger partial charge in [-0.1, -0.05) is 182 Å². The molecular formula is C57H36N4S. The van der Waals surface area contributed by atoms with E-state index in [4.69, 9.17) is 15.1 Å². The highest BCUT2D eigenvalue weighted by atomic mass is 32.1. The van der Waals surface area contributed by atoms with Crippen LogP contribution in [-0.2, 0) is 0 Å². The fourth-order valence-electron chi connectivity index (χ4n) is 8.83. The van der Waals surface area contributed by atoms with Gasteiger partial charge in [0.2, 0.25) is 0 Å². The van der Waals surface area contributed by atoms with Crippen LogP contribution >= 0.6 is 11.3 Å². The normalized spacial score (nSPS) is 11.5. The van der Waals surface area contributed by atoms with Crippen molar-refractivity contribution in [3.8, 4) is 78.7 Å². The molecular weight excluding hydrogens is 773 g/mol. The number of aromatic nitrogens is 4. The fraction of sp³-hybridized carbons (Fsp3) is 0. The second-order valence-corrected chi connectivity index (χ2v) is 16.7. The predicted octanol–water partition coefficient (Wildman–Crippen LogP) is 15.3. The Hall–Kier alpha value is -7.99. The van der Waals surface area contributed by atoms with Crippen LogP contribution in [0.2, 0.25) is 0 Å². The zero-order valence-corrected chi connectivity index (χ0v) is 34.3. The Balaban J connectivity index is 1.03. The number of rotatable bonds is 7. The molecule has 4 aromatic heterocycles. The van der Waals surface area contributed by atoms with E-state index in [1.54, 1.807) is 0 Å². The molecule has 290 valence electrons. The number of benzene rings is 8. The largest absolute Gasteiger partial charge is 0.231 e. The number of pyridine rings is 1. The van der Waals surface area contributed by atoms with E-state index in [2.05, 4.69) is 217 Å². The Labute approximate surface area is 362 Å². The van der Waals surface area contributed by atoms with Crippen molar-refractivity contribution < 1.29 is 0 Å². The Bertz CT molecular complexity index is 3630. The van der Waals surface area contributed by atoms with Gasteiger partial charge < -0.3 is 0 Å². The van der Waals surface area contributed by atoms with E-state index in [1.807, 2.05) is 17.4 Å². The highest BCUT2D eigenvalue weighted by Gasteiger charge is 2.22. The second kappa shape index (κ2) is 14.9. The molecule has 0 aliphatic rings. The second-order valence-electron chi connectivity index (χ2n) is 15.6. The summed E-state index contributed by atoms with van der Waals surface area (Å²) in [5, 5.41) is 10.4. The minimum absolute atomic E-state index is 0.674. The summed E-state index contributed by atoms with van der Waals surface area (Å²) in [4.78, 5) is 10.5. The van der Waals surface area contributed by atoms with Gasteiger partial charge >= 0.3 is 0 Å². The first-order valence-electron chi connectivity index (χ1n) is 20.8. The van der Waals surface area contributed by atoms with Crippen LogP contribution in [0.15, 0.2) is 218 Å². The number of hydrogen-bond donors (Lipinski definition) is 0. The van der Waals surface area contributed by atoms with Crippen molar-refractivity contribution in [3.05, 3.63) is 218 Å². The van der Waals surface area contributed by atoms with E-state index in [0.29, 0.717) is 5.82 Å². The maximum atomic E-state index is 5.51. The van der Waals surface area contributed by atoms with E-state index < -0.39 is 0 Å². The Kier molecular flexibility index (Phi) is 8.65. The average molecular weight is 809 g/mol. The van der Waals surface area contributed by atoms with Gasteiger partial charge in [0.15, 0.2) is 5.82 Å². The van der Waals surface area contributed by atoms with Crippen molar-refractivity contribution in [2.45, 2.75) is 0 Å². The van der Waals surface area contributed by atoms with Crippen molar-refractivity contribution in [1.29, 1.82) is 0 Å². The zero-order chi connectivity index (χ0) is 41.0. The van der Waals surface area contributed by atoms with Gasteiger partial charge in [-0.3, -0.25) is 0 Å². The lowest BCUT2D eigenvalue weighted by Crippen LogP contribution is -1.96. The van der Waals surface area contributed by atoms with Crippen molar-refractivity contribution in [2.75, 3.05) is 0 Å². The van der Waals surface area contributed by atoms with Crippen LogP contribution in [0.4, 0.5) is 0 Å². The predicted molar refractivity (Wildman–Crippen MR) is 259 cm³/mol. The van der Waals surface area contributed by atoms with Crippen LogP contribution in [0, 0.1) is 0 Å². The molecule has 0 unspecified atom stereocenters. The van der Waals surface area contributed by atoms with E-state index >= 15 is 0 Å². The number of thiophene rings is 1. The summed E-state index contributed by atoms with van der Waals surface area (Å²) in [5.41, 5.74) is 14.3. The van der Waals surface area contributed by atoms with Crippen LogP contribution in [0.1, 0.15) is 0 Å². The summed E-state index contributed by atoms with van der Waals surface area (Å²) in [6, 6.07) is 77.3. The molecule has 0 aliphatic heterocycles. The molecule has 0 aliphatic carbocycles. The maximum Gasteiger partial charge on any atom is 0.160 e. The molecule has 0 amide bonds. The SMILES string of the molecule is c1ccc(-c2cc(-c3cccc(-c4nn5c(-c6ccccc6)cc6ccccc6c5c4-c4ccccc4)c3)nc(-c3cccc(-c4ccc5c(c4)sc4ccccc45)c3)n2)cc1. The Morgan fingerprint density at radius 2 is 0.919 bits per heavy atom. The van der Waals surface area contributed by atoms with Crippen molar-refractivity contribution in [2.24, 2.45) is 0 Å². The molecule has 4 heterocycles. The summed E-state index contributed by atoms with van der Waals surface area (Å²) in [7, 11) is 0. The van der Waals surface area contributed by atoms with Crippen molar-refractivity contribution >= 4 is 47.8 Å². The standard InChI is InChI=1S/C57H36N4S/c1-4-16-37(17-5-1)49-36-50(59-57(58-49)45-26-14-23-40(32-45)41-30-31-48-47-28-12-13-29-52(47)62-53(48)35-41)43-24-15-25-44(33-43)55-54(39-20-8-3-9-21-39)56-46-27-11-10-22-42(46)34-51(61(56)60-55)38-18-6-2-7-19-38/h1-36H. The lowest BCUT2D eigenvalue weighted by atomic mass is 9.95. The van der Waals surface area contributed by atoms with Gasteiger partial charge in [0.05, 0.1) is 22.6 Å². The summed E-state index contributed by atoms with van der Waals surface area (Å²) < 4.78 is 4.73. The zero-order valence-electron chi connectivity index (χ0n) is 33.5. The maximum absolute atomic E-state index is 5.51. The third-order valence-electron chi connectivity index (χ3n) is 11.8. The number of fused-ring (bicyclic) bond motifs is 6. The molecule has 0 bridgehead atoms. The molecule has 4 nitrogen and oxygen atoms in total. The van der Waals surface area contributed by atoms with Crippen LogP contribution in [0.5, 0.6) is 0 Å². The number of hydrogen-bond acceptors (Lipinski definition) is 4. The summed E-state index contributed by atoms with van der Waals surface area (Å²) in [5.74, 6) is 0.674. The van der Waals surface area contributed by atoms with Crippen LogP contribution in [-0.4, -0.2) is 19.6 Å². The molecule has 0 spiro atoms. The van der Waals surface area contributed by atoms with E-state index in [1.165, 1.54) is 31.1 Å². The monoisotopic (exact) mass is 808 g/mol. The first-order chi connectivity index (χ1) is 30.7. The van der Waals surface area contributed by atoms with E-state index in [-0.39, 0.29) is 0 Å². The fourth-order valence-corrected chi connectivity index (χ4v) is 9.98. The molecule has 0 atom stereocenters. The summed E-state index contributed by atoms with van der Waals surface area (Å²) in [6.07, 6.45) is 0. The Morgan fingerprint density at radius 1 is 0.355 bits per heavy atom. The topological polar surface area (TPSA) is 43.1 Å². The lowest BCUT2D eigenvalue weighted by Gasteiger charge is -2.12.